The number of rotatable bonds is 4. The Kier molecular flexibility index (Phi) is 4.70. The van der Waals surface area contributed by atoms with Crippen LogP contribution in [0.2, 0.25) is 0 Å². The fourth-order valence-corrected chi connectivity index (χ4v) is 2.87. The van der Waals surface area contributed by atoms with Gasteiger partial charge in [0.15, 0.2) is 5.78 Å². The van der Waals surface area contributed by atoms with Crippen LogP contribution in [0.15, 0.2) is 12.1 Å². The first-order chi connectivity index (χ1) is 9.08. The summed E-state index contributed by atoms with van der Waals surface area (Å²) >= 11 is 0. The van der Waals surface area contributed by atoms with E-state index in [4.69, 9.17) is 0 Å². The van der Waals surface area contributed by atoms with Gasteiger partial charge in [-0.3, -0.25) is 4.79 Å². The molecule has 1 saturated heterocycles. The van der Waals surface area contributed by atoms with Crippen molar-refractivity contribution in [3.8, 4) is 0 Å². The van der Waals surface area contributed by atoms with Gasteiger partial charge in [0.05, 0.1) is 5.56 Å². The maximum Gasteiger partial charge on any atom is 0.166 e. The van der Waals surface area contributed by atoms with Crippen LogP contribution in [0.4, 0.5) is 4.39 Å². The molecule has 2 rings (SSSR count). The summed E-state index contributed by atoms with van der Waals surface area (Å²) in [6, 6.07) is 3.74. The van der Waals surface area contributed by atoms with Gasteiger partial charge >= 0.3 is 0 Å². The van der Waals surface area contributed by atoms with Gasteiger partial charge in [-0.25, -0.2) is 4.39 Å². The van der Waals surface area contributed by atoms with E-state index in [1.54, 1.807) is 0 Å². The second kappa shape index (κ2) is 6.29. The lowest BCUT2D eigenvalue weighted by molar-refractivity contribution is 0.0969. The molecule has 0 radical (unpaired) electrons. The fourth-order valence-electron chi connectivity index (χ4n) is 2.87. The lowest BCUT2D eigenvalue weighted by Crippen LogP contribution is -2.34. The van der Waals surface area contributed by atoms with Crippen molar-refractivity contribution in [1.29, 1.82) is 0 Å². The highest BCUT2D eigenvalue weighted by atomic mass is 19.1. The number of carbonyl (C=O) groups excluding carboxylic acids is 1. The molecule has 1 aromatic rings. The van der Waals surface area contributed by atoms with Gasteiger partial charge in [0.2, 0.25) is 0 Å². The van der Waals surface area contributed by atoms with Gasteiger partial charge < -0.3 is 5.32 Å². The lowest BCUT2D eigenvalue weighted by atomic mass is 9.95. The Balaban J connectivity index is 1.99. The third-order valence-corrected chi connectivity index (χ3v) is 3.84. The zero-order chi connectivity index (χ0) is 13.8. The first-order valence-electron chi connectivity index (χ1n) is 7.11. The quantitative estimate of drug-likeness (QED) is 0.842. The molecular formula is C16H22FNO. The summed E-state index contributed by atoms with van der Waals surface area (Å²) in [6.07, 6.45) is 4.81. The van der Waals surface area contributed by atoms with E-state index in [2.05, 4.69) is 5.32 Å². The molecular weight excluding hydrogens is 241 g/mol. The van der Waals surface area contributed by atoms with Crippen LogP contribution in [-0.2, 0) is 0 Å². The van der Waals surface area contributed by atoms with Crippen LogP contribution in [0.25, 0.3) is 0 Å². The van der Waals surface area contributed by atoms with Crippen molar-refractivity contribution >= 4 is 5.78 Å². The van der Waals surface area contributed by atoms with Gasteiger partial charge in [-0.05, 0) is 56.8 Å². The van der Waals surface area contributed by atoms with E-state index < -0.39 is 0 Å². The summed E-state index contributed by atoms with van der Waals surface area (Å²) in [7, 11) is 0. The standard InChI is InChI=1S/C16H22FNO/c1-11-9-12(2)16(14(17)10-11)15(19)7-6-13-5-3-4-8-18-13/h9-10,13,18H,3-8H2,1-2H3. The van der Waals surface area contributed by atoms with Crippen molar-refractivity contribution in [3.05, 3.63) is 34.6 Å². The number of benzene rings is 1. The van der Waals surface area contributed by atoms with Gasteiger partial charge in [-0.1, -0.05) is 12.5 Å². The number of aryl methyl sites for hydroxylation is 2. The molecule has 1 heterocycles. The van der Waals surface area contributed by atoms with Gasteiger partial charge in [0.25, 0.3) is 0 Å². The molecule has 0 aliphatic carbocycles. The predicted octanol–water partition coefficient (Wildman–Crippen LogP) is 3.55. The summed E-state index contributed by atoms with van der Waals surface area (Å²) in [5.74, 6) is -0.443. The number of piperidine rings is 1. The summed E-state index contributed by atoms with van der Waals surface area (Å²) in [5, 5.41) is 3.42. The molecule has 1 unspecified atom stereocenters. The van der Waals surface area contributed by atoms with Crippen molar-refractivity contribution in [2.45, 2.75) is 52.0 Å². The highest BCUT2D eigenvalue weighted by Gasteiger charge is 2.18. The molecule has 0 spiro atoms. The van der Waals surface area contributed by atoms with Crippen molar-refractivity contribution in [2.75, 3.05) is 6.54 Å². The molecule has 1 fully saturated rings. The third-order valence-electron chi connectivity index (χ3n) is 3.84. The minimum absolute atomic E-state index is 0.0672. The van der Waals surface area contributed by atoms with E-state index in [0.717, 1.165) is 30.5 Å². The lowest BCUT2D eigenvalue weighted by Gasteiger charge is -2.23. The van der Waals surface area contributed by atoms with Crippen LogP contribution in [0.5, 0.6) is 0 Å². The SMILES string of the molecule is Cc1cc(C)c(C(=O)CCC2CCCCN2)c(F)c1. The third kappa shape index (κ3) is 3.63. The molecule has 1 aromatic carbocycles. The van der Waals surface area contributed by atoms with Crippen molar-refractivity contribution in [3.63, 3.8) is 0 Å². The van der Waals surface area contributed by atoms with E-state index in [0.29, 0.717) is 12.5 Å². The Morgan fingerprint density at radius 2 is 2.16 bits per heavy atom. The van der Waals surface area contributed by atoms with Crippen LogP contribution in [0.3, 0.4) is 0 Å². The molecule has 3 heteroatoms. The zero-order valence-electron chi connectivity index (χ0n) is 11.8. The highest BCUT2D eigenvalue weighted by molar-refractivity contribution is 5.97. The summed E-state index contributed by atoms with van der Waals surface area (Å²) in [4.78, 5) is 12.2. The van der Waals surface area contributed by atoms with Crippen LogP contribution in [-0.4, -0.2) is 18.4 Å². The van der Waals surface area contributed by atoms with Crippen LogP contribution >= 0.6 is 0 Å². The second-order valence-corrected chi connectivity index (χ2v) is 5.55. The molecule has 1 aliphatic heterocycles. The zero-order valence-corrected chi connectivity index (χ0v) is 11.8. The van der Waals surface area contributed by atoms with Crippen molar-refractivity contribution in [1.82, 2.24) is 5.32 Å². The molecule has 104 valence electrons. The molecule has 1 aliphatic rings. The first-order valence-corrected chi connectivity index (χ1v) is 7.11. The summed E-state index contributed by atoms with van der Waals surface area (Å²) in [6.45, 7) is 4.69. The smallest absolute Gasteiger partial charge is 0.166 e. The highest BCUT2D eigenvalue weighted by Crippen LogP contribution is 2.20. The topological polar surface area (TPSA) is 29.1 Å². The average Bonchev–Trinajstić information content (AvgIpc) is 2.36. The van der Waals surface area contributed by atoms with E-state index in [1.165, 1.54) is 18.9 Å². The minimum atomic E-state index is -0.376. The molecule has 2 nitrogen and oxygen atoms in total. The Labute approximate surface area is 114 Å². The minimum Gasteiger partial charge on any atom is -0.314 e. The Bertz CT molecular complexity index is 441. The number of Topliss-reactive ketones (excluding diaryl/α,β-unsaturated/α-hetero) is 1. The molecule has 1 atom stereocenters. The number of carbonyl (C=O) groups is 1. The number of nitrogens with one attached hydrogen (secondary N) is 1. The maximum atomic E-state index is 13.9. The van der Waals surface area contributed by atoms with Gasteiger partial charge in [0.1, 0.15) is 5.82 Å². The molecule has 19 heavy (non-hydrogen) atoms. The van der Waals surface area contributed by atoms with Gasteiger partial charge in [-0.2, -0.15) is 0 Å². The number of ketones is 1. The van der Waals surface area contributed by atoms with Gasteiger partial charge in [0, 0.05) is 12.5 Å². The Hall–Kier alpha value is -1.22. The number of halogens is 1. The van der Waals surface area contributed by atoms with Crippen LogP contribution in [0.1, 0.15) is 53.6 Å². The van der Waals surface area contributed by atoms with E-state index in [9.17, 15) is 9.18 Å². The second-order valence-electron chi connectivity index (χ2n) is 5.55. The monoisotopic (exact) mass is 263 g/mol. The normalized spacial score (nSPS) is 19.4. The Morgan fingerprint density at radius 3 is 2.79 bits per heavy atom. The molecule has 0 saturated carbocycles. The molecule has 0 amide bonds. The van der Waals surface area contributed by atoms with Crippen LogP contribution in [0, 0.1) is 19.7 Å². The fraction of sp³-hybridized carbons (Fsp3) is 0.562. The predicted molar refractivity (Wildman–Crippen MR) is 75.1 cm³/mol. The average molecular weight is 263 g/mol. The summed E-state index contributed by atoms with van der Waals surface area (Å²) in [5.41, 5.74) is 1.89. The van der Waals surface area contributed by atoms with Crippen LogP contribution < -0.4 is 5.32 Å². The van der Waals surface area contributed by atoms with E-state index >= 15 is 0 Å². The first kappa shape index (κ1) is 14.2. The molecule has 1 N–H and O–H groups in total. The number of hydrogen-bond donors (Lipinski definition) is 1. The molecule has 0 bridgehead atoms. The largest absolute Gasteiger partial charge is 0.314 e. The van der Waals surface area contributed by atoms with E-state index in [1.807, 2.05) is 19.9 Å². The Morgan fingerprint density at radius 1 is 1.37 bits per heavy atom. The number of hydrogen-bond acceptors (Lipinski definition) is 2. The maximum absolute atomic E-state index is 13.9. The molecule has 0 aromatic heterocycles. The van der Waals surface area contributed by atoms with Gasteiger partial charge in [-0.15, -0.1) is 0 Å². The van der Waals surface area contributed by atoms with Crippen molar-refractivity contribution in [2.24, 2.45) is 0 Å². The van der Waals surface area contributed by atoms with E-state index in [-0.39, 0.29) is 17.2 Å². The summed E-state index contributed by atoms with van der Waals surface area (Å²) < 4.78 is 13.9. The van der Waals surface area contributed by atoms with Crippen molar-refractivity contribution < 1.29 is 9.18 Å².